The number of halogens is 3. The molecule has 0 aliphatic heterocycles. The Kier molecular flexibility index (Phi) is 5.87. The third-order valence-electron chi connectivity index (χ3n) is 5.48. The van der Waals surface area contributed by atoms with E-state index in [-0.39, 0.29) is 30.8 Å². The van der Waals surface area contributed by atoms with Gasteiger partial charge in [0.1, 0.15) is 0 Å². The highest BCUT2D eigenvalue weighted by Gasteiger charge is 2.52. The van der Waals surface area contributed by atoms with Gasteiger partial charge in [-0.15, -0.1) is 0 Å². The van der Waals surface area contributed by atoms with Crippen LogP contribution >= 0.6 is 11.6 Å². The zero-order chi connectivity index (χ0) is 19.0. The highest BCUT2D eigenvalue weighted by Crippen LogP contribution is 2.50. The van der Waals surface area contributed by atoms with Crippen molar-refractivity contribution in [3.05, 3.63) is 34.3 Å². The minimum atomic E-state index is -2.62. The normalized spacial score (nSPS) is 21.5. The lowest BCUT2D eigenvalue weighted by molar-refractivity contribution is -0.139. The Labute approximate surface area is 154 Å². The van der Waals surface area contributed by atoms with E-state index in [1.165, 1.54) is 0 Å². The number of aliphatic hydroxyl groups is 1. The Morgan fingerprint density at radius 1 is 1.28 bits per heavy atom. The van der Waals surface area contributed by atoms with Crippen molar-refractivity contribution in [3.63, 3.8) is 0 Å². The van der Waals surface area contributed by atoms with E-state index >= 15 is 0 Å². The third kappa shape index (κ3) is 4.93. The first-order valence-electron chi connectivity index (χ1n) is 8.92. The molecule has 0 saturated heterocycles. The van der Waals surface area contributed by atoms with Crippen molar-refractivity contribution in [2.75, 3.05) is 6.61 Å². The smallest absolute Gasteiger partial charge is 0.248 e. The number of nitrogens with two attached hydrogens (primary N) is 1. The highest BCUT2D eigenvalue weighted by atomic mass is 35.5. The molecule has 5 heteroatoms. The Hall–Kier alpha value is -0.710. The summed E-state index contributed by atoms with van der Waals surface area (Å²) in [7, 11) is 0. The quantitative estimate of drug-likeness (QED) is 0.724. The minimum Gasteiger partial charge on any atom is -0.396 e. The van der Waals surface area contributed by atoms with Crippen LogP contribution in [0.25, 0.3) is 0 Å². The predicted octanol–water partition coefficient (Wildman–Crippen LogP) is 5.15. The Morgan fingerprint density at radius 3 is 2.32 bits per heavy atom. The van der Waals surface area contributed by atoms with Crippen LogP contribution in [-0.4, -0.2) is 17.6 Å². The van der Waals surface area contributed by atoms with E-state index in [1.54, 1.807) is 6.92 Å². The summed E-state index contributed by atoms with van der Waals surface area (Å²) in [6, 6.07) is 5.72. The number of rotatable bonds is 6. The van der Waals surface area contributed by atoms with Crippen LogP contribution < -0.4 is 5.73 Å². The maximum Gasteiger partial charge on any atom is 0.248 e. The molecule has 0 radical (unpaired) electrons. The van der Waals surface area contributed by atoms with Gasteiger partial charge in [-0.25, -0.2) is 8.78 Å². The molecule has 1 aromatic carbocycles. The number of aryl methyl sites for hydroxylation is 1. The molecule has 1 saturated carbocycles. The number of benzene rings is 1. The second-order valence-corrected chi connectivity index (χ2v) is 9.37. The first kappa shape index (κ1) is 20.6. The summed E-state index contributed by atoms with van der Waals surface area (Å²) < 4.78 is 26.5. The van der Waals surface area contributed by atoms with Gasteiger partial charge in [0.25, 0.3) is 0 Å². The number of alkyl halides is 2. The van der Waals surface area contributed by atoms with Gasteiger partial charge >= 0.3 is 0 Å². The van der Waals surface area contributed by atoms with E-state index in [4.69, 9.17) is 17.3 Å². The van der Waals surface area contributed by atoms with E-state index in [0.717, 1.165) is 24.0 Å². The van der Waals surface area contributed by atoms with Crippen molar-refractivity contribution < 1.29 is 13.9 Å². The maximum atomic E-state index is 13.2. The summed E-state index contributed by atoms with van der Waals surface area (Å²) in [5, 5.41) is 10.4. The molecular formula is C20H30ClF2NO. The fourth-order valence-electron chi connectivity index (χ4n) is 3.63. The lowest BCUT2D eigenvalue weighted by Crippen LogP contribution is -2.52. The van der Waals surface area contributed by atoms with Crippen molar-refractivity contribution in [1.29, 1.82) is 0 Å². The summed E-state index contributed by atoms with van der Waals surface area (Å²) in [5.41, 5.74) is 7.66. The summed E-state index contributed by atoms with van der Waals surface area (Å²) in [5.74, 6) is -3.30. The number of hydrogen-bond acceptors (Lipinski definition) is 2. The second-order valence-electron chi connectivity index (χ2n) is 8.96. The molecular weight excluding hydrogens is 344 g/mol. The molecule has 0 heterocycles. The van der Waals surface area contributed by atoms with Crippen LogP contribution in [0.15, 0.2) is 18.2 Å². The van der Waals surface area contributed by atoms with Gasteiger partial charge in [0.2, 0.25) is 5.92 Å². The van der Waals surface area contributed by atoms with Crippen LogP contribution in [0.1, 0.15) is 58.1 Å². The van der Waals surface area contributed by atoms with Crippen molar-refractivity contribution in [2.45, 2.75) is 64.8 Å². The van der Waals surface area contributed by atoms with Gasteiger partial charge in [0.05, 0.1) is 0 Å². The second kappa shape index (κ2) is 7.13. The Balaban J connectivity index is 2.17. The molecule has 1 aliphatic rings. The molecule has 2 rings (SSSR count). The van der Waals surface area contributed by atoms with Crippen LogP contribution in [0, 0.1) is 17.3 Å². The molecule has 142 valence electrons. The molecule has 0 spiro atoms. The summed E-state index contributed by atoms with van der Waals surface area (Å²) in [4.78, 5) is 0. The number of hydrogen-bond donors (Lipinski definition) is 2. The highest BCUT2D eigenvalue weighted by molar-refractivity contribution is 6.31. The fourth-order valence-corrected chi connectivity index (χ4v) is 3.90. The van der Waals surface area contributed by atoms with Gasteiger partial charge in [-0.3, -0.25) is 0 Å². The molecule has 0 aromatic heterocycles. The van der Waals surface area contributed by atoms with Crippen molar-refractivity contribution >= 4 is 11.6 Å². The lowest BCUT2D eigenvalue weighted by atomic mass is 9.65. The zero-order valence-electron chi connectivity index (χ0n) is 15.6. The number of aliphatic hydroxyl groups excluding tert-OH is 1. The van der Waals surface area contributed by atoms with Gasteiger partial charge in [-0.05, 0) is 48.3 Å². The first-order chi connectivity index (χ1) is 11.4. The average Bonchev–Trinajstić information content (AvgIpc) is 2.43. The van der Waals surface area contributed by atoms with Crippen LogP contribution in [0.2, 0.25) is 5.02 Å². The van der Waals surface area contributed by atoms with Crippen LogP contribution in [0.5, 0.6) is 0 Å². The molecule has 1 unspecified atom stereocenters. The van der Waals surface area contributed by atoms with Gasteiger partial charge in [0, 0.05) is 35.9 Å². The molecule has 0 amide bonds. The molecule has 1 aliphatic carbocycles. The van der Waals surface area contributed by atoms with E-state index in [0.29, 0.717) is 5.02 Å². The summed E-state index contributed by atoms with van der Waals surface area (Å²) >= 11 is 6.45. The summed E-state index contributed by atoms with van der Waals surface area (Å²) in [6.45, 7) is 8.15. The average molecular weight is 374 g/mol. The standard InChI is InChI=1S/C20H30ClF2NO/c1-18(2,3)8-7-13-5-6-15(9-17(13)21)19(4,24)16(12-25)14-10-20(22,23)11-14/h5-6,9,14,16,25H,7-8,10-12,24H2,1-4H3/t16?,19-/m0/s1. The predicted molar refractivity (Wildman–Crippen MR) is 99.0 cm³/mol. The van der Waals surface area contributed by atoms with Crippen molar-refractivity contribution in [2.24, 2.45) is 23.0 Å². The molecule has 3 N–H and O–H groups in total. The van der Waals surface area contributed by atoms with Gasteiger partial charge < -0.3 is 10.8 Å². The van der Waals surface area contributed by atoms with Crippen molar-refractivity contribution in [1.82, 2.24) is 0 Å². The third-order valence-corrected chi connectivity index (χ3v) is 5.83. The molecule has 0 bridgehead atoms. The van der Waals surface area contributed by atoms with E-state index < -0.39 is 17.4 Å². The maximum absolute atomic E-state index is 13.2. The zero-order valence-corrected chi connectivity index (χ0v) is 16.3. The van der Waals surface area contributed by atoms with E-state index in [9.17, 15) is 13.9 Å². The topological polar surface area (TPSA) is 46.2 Å². The van der Waals surface area contributed by atoms with E-state index in [1.807, 2.05) is 18.2 Å². The van der Waals surface area contributed by atoms with Gasteiger partial charge in [0.15, 0.2) is 0 Å². The molecule has 25 heavy (non-hydrogen) atoms. The van der Waals surface area contributed by atoms with E-state index in [2.05, 4.69) is 20.8 Å². The molecule has 1 fully saturated rings. The van der Waals surface area contributed by atoms with Crippen LogP contribution in [0.3, 0.4) is 0 Å². The van der Waals surface area contributed by atoms with Gasteiger partial charge in [-0.1, -0.05) is 44.5 Å². The first-order valence-corrected chi connectivity index (χ1v) is 9.30. The van der Waals surface area contributed by atoms with Crippen LogP contribution in [-0.2, 0) is 12.0 Å². The van der Waals surface area contributed by atoms with Gasteiger partial charge in [-0.2, -0.15) is 0 Å². The molecule has 1 aromatic rings. The monoisotopic (exact) mass is 373 g/mol. The molecule has 2 atom stereocenters. The van der Waals surface area contributed by atoms with Crippen LogP contribution in [0.4, 0.5) is 8.78 Å². The fraction of sp³-hybridized carbons (Fsp3) is 0.700. The Morgan fingerprint density at radius 2 is 1.88 bits per heavy atom. The molecule has 2 nitrogen and oxygen atoms in total. The SMILES string of the molecule is CC(C)(C)CCc1ccc([C@](C)(N)C(CO)C2CC(F)(F)C2)cc1Cl. The summed E-state index contributed by atoms with van der Waals surface area (Å²) in [6.07, 6.45) is 1.48. The minimum absolute atomic E-state index is 0.206. The largest absolute Gasteiger partial charge is 0.396 e. The Bertz CT molecular complexity index is 602. The van der Waals surface area contributed by atoms with Crippen molar-refractivity contribution in [3.8, 4) is 0 Å². The lowest BCUT2D eigenvalue weighted by Gasteiger charge is -2.46.